The van der Waals surface area contributed by atoms with E-state index in [4.69, 9.17) is 5.11 Å². The zero-order valence-corrected chi connectivity index (χ0v) is 10.9. The minimum absolute atomic E-state index is 0.175. The molecule has 0 aromatic heterocycles. The summed E-state index contributed by atoms with van der Waals surface area (Å²) in [5, 5.41) is 20.4. The fraction of sp³-hybridized carbons (Fsp3) is 0.273. The first-order valence-corrected chi connectivity index (χ1v) is 7.29. The Bertz CT molecular complexity index is 608. The highest BCUT2D eigenvalue weighted by Gasteiger charge is 2.12. The lowest BCUT2D eigenvalue weighted by atomic mass is 10.2. The number of carbonyl (C=O) groups is 2. The number of carboxylic acid groups (broad SMARTS) is 1. The number of hydrogen-bond donors (Lipinski definition) is 3. The van der Waals surface area contributed by atoms with Gasteiger partial charge in [0.25, 0.3) is 0 Å². The molecule has 19 heavy (non-hydrogen) atoms. The van der Waals surface area contributed by atoms with Crippen molar-refractivity contribution in [1.29, 1.82) is 0 Å². The molecular weight excluding hydrogens is 274 g/mol. The number of anilines is 1. The third kappa shape index (κ3) is 4.96. The highest BCUT2D eigenvalue weighted by molar-refractivity contribution is 7.90. The number of aromatic hydroxyl groups is 1. The van der Waals surface area contributed by atoms with Gasteiger partial charge >= 0.3 is 5.97 Å². The van der Waals surface area contributed by atoms with E-state index in [0.717, 1.165) is 18.4 Å². The summed E-state index contributed by atoms with van der Waals surface area (Å²) in [6.07, 6.45) is 0.797. The molecule has 0 atom stereocenters. The van der Waals surface area contributed by atoms with Gasteiger partial charge < -0.3 is 15.5 Å². The van der Waals surface area contributed by atoms with Crippen molar-refractivity contribution in [2.45, 2.75) is 6.42 Å². The lowest BCUT2D eigenvalue weighted by Crippen LogP contribution is -2.16. The van der Waals surface area contributed by atoms with E-state index in [1.807, 2.05) is 0 Å². The number of aromatic carboxylic acids is 1. The molecule has 1 rings (SSSR count). The Morgan fingerprint density at radius 2 is 1.95 bits per heavy atom. The van der Waals surface area contributed by atoms with Crippen LogP contribution in [-0.2, 0) is 14.6 Å². The van der Waals surface area contributed by atoms with Crippen molar-refractivity contribution < 1.29 is 28.2 Å². The Labute approximate surface area is 109 Å². The normalized spacial score (nSPS) is 11.0. The summed E-state index contributed by atoms with van der Waals surface area (Å²) >= 11 is 0. The van der Waals surface area contributed by atoms with E-state index in [1.54, 1.807) is 0 Å². The molecule has 0 fully saturated rings. The second-order valence-electron chi connectivity index (χ2n) is 3.97. The van der Waals surface area contributed by atoms with Gasteiger partial charge in [-0.3, -0.25) is 4.79 Å². The third-order valence-electron chi connectivity index (χ3n) is 2.21. The first-order valence-electron chi connectivity index (χ1n) is 5.23. The lowest BCUT2D eigenvalue weighted by molar-refractivity contribution is -0.115. The number of phenols is 1. The average Bonchev–Trinajstić information content (AvgIpc) is 2.28. The maximum Gasteiger partial charge on any atom is 0.339 e. The summed E-state index contributed by atoms with van der Waals surface area (Å²) < 4.78 is 21.8. The molecule has 8 heteroatoms. The highest BCUT2D eigenvalue weighted by atomic mass is 32.2. The van der Waals surface area contributed by atoms with E-state index in [2.05, 4.69) is 5.32 Å². The minimum atomic E-state index is -3.23. The SMILES string of the molecule is CS(=O)(=O)CCC(=O)Nc1ccc(O)c(C(=O)O)c1. The number of amides is 1. The molecule has 1 amide bonds. The summed E-state index contributed by atoms with van der Waals surface area (Å²) in [4.78, 5) is 22.2. The summed E-state index contributed by atoms with van der Waals surface area (Å²) in [5.74, 6) is -2.58. The molecule has 0 spiro atoms. The minimum Gasteiger partial charge on any atom is -0.507 e. The topological polar surface area (TPSA) is 121 Å². The molecular formula is C11H13NO6S. The monoisotopic (exact) mass is 287 g/mol. The number of carbonyl (C=O) groups excluding carboxylic acids is 1. The number of sulfone groups is 1. The predicted molar refractivity (Wildman–Crippen MR) is 68.0 cm³/mol. The summed E-state index contributed by atoms with van der Waals surface area (Å²) in [5.41, 5.74) is -0.172. The molecule has 1 aromatic carbocycles. The molecule has 0 aliphatic rings. The number of carboxylic acids is 1. The van der Waals surface area contributed by atoms with Crippen molar-refractivity contribution in [3.63, 3.8) is 0 Å². The maximum absolute atomic E-state index is 11.4. The first kappa shape index (κ1) is 15.0. The van der Waals surface area contributed by atoms with Crippen molar-refractivity contribution in [1.82, 2.24) is 0 Å². The van der Waals surface area contributed by atoms with Crippen molar-refractivity contribution in [2.75, 3.05) is 17.3 Å². The number of rotatable bonds is 5. The average molecular weight is 287 g/mol. The molecule has 0 aliphatic heterocycles. The summed E-state index contributed by atoms with van der Waals surface area (Å²) in [6, 6.07) is 3.55. The first-order chi connectivity index (χ1) is 8.69. The van der Waals surface area contributed by atoms with Crippen LogP contribution < -0.4 is 5.32 Å². The lowest BCUT2D eigenvalue weighted by Gasteiger charge is -2.06. The molecule has 0 radical (unpaired) electrons. The van der Waals surface area contributed by atoms with Crippen LogP contribution in [0.2, 0.25) is 0 Å². The molecule has 0 heterocycles. The summed E-state index contributed by atoms with van der Waals surface area (Å²) in [6.45, 7) is 0. The van der Waals surface area contributed by atoms with Crippen LogP contribution in [0.5, 0.6) is 5.75 Å². The van der Waals surface area contributed by atoms with Crippen LogP contribution in [0.1, 0.15) is 16.8 Å². The molecule has 0 unspecified atom stereocenters. The zero-order valence-electron chi connectivity index (χ0n) is 10.1. The number of hydrogen-bond acceptors (Lipinski definition) is 5. The fourth-order valence-corrected chi connectivity index (χ4v) is 1.84. The molecule has 0 bridgehead atoms. The standard InChI is InChI=1S/C11H13NO6S/c1-19(17,18)5-4-10(14)12-7-2-3-9(13)8(6-7)11(15)16/h2-3,6,13H,4-5H2,1H3,(H,12,14)(H,15,16). The van der Waals surface area contributed by atoms with Crippen LogP contribution in [0.3, 0.4) is 0 Å². The van der Waals surface area contributed by atoms with Crippen LogP contribution in [0.15, 0.2) is 18.2 Å². The van der Waals surface area contributed by atoms with E-state index < -0.39 is 27.5 Å². The van der Waals surface area contributed by atoms with E-state index in [9.17, 15) is 23.1 Å². The van der Waals surface area contributed by atoms with E-state index >= 15 is 0 Å². The van der Waals surface area contributed by atoms with Gasteiger partial charge in [-0.1, -0.05) is 0 Å². The van der Waals surface area contributed by atoms with Gasteiger partial charge in [0, 0.05) is 18.4 Å². The van der Waals surface area contributed by atoms with Crippen molar-refractivity contribution in [3.8, 4) is 5.75 Å². The Morgan fingerprint density at radius 3 is 2.47 bits per heavy atom. The Balaban J connectivity index is 2.75. The van der Waals surface area contributed by atoms with Gasteiger partial charge in [0.15, 0.2) is 0 Å². The maximum atomic E-state index is 11.4. The molecule has 0 aliphatic carbocycles. The quantitative estimate of drug-likeness (QED) is 0.677. The van der Waals surface area contributed by atoms with E-state index in [1.165, 1.54) is 6.07 Å². The Kier molecular flexibility index (Phi) is 4.49. The van der Waals surface area contributed by atoms with Crippen LogP contribution in [0.25, 0.3) is 0 Å². The van der Waals surface area contributed by atoms with Crippen molar-refractivity contribution >= 4 is 27.4 Å². The molecule has 1 aromatic rings. The predicted octanol–water partition coefficient (Wildman–Crippen LogP) is 0.464. The summed E-state index contributed by atoms with van der Waals surface area (Å²) in [7, 11) is -3.23. The van der Waals surface area contributed by atoms with Gasteiger partial charge in [0.1, 0.15) is 21.2 Å². The van der Waals surface area contributed by atoms with Gasteiger partial charge in [-0.25, -0.2) is 13.2 Å². The molecule has 7 nitrogen and oxygen atoms in total. The Hall–Kier alpha value is -2.09. The third-order valence-corrected chi connectivity index (χ3v) is 3.16. The van der Waals surface area contributed by atoms with Gasteiger partial charge in [0.2, 0.25) is 5.91 Å². The second kappa shape index (κ2) is 5.70. The molecule has 0 saturated heterocycles. The van der Waals surface area contributed by atoms with Crippen molar-refractivity contribution in [3.05, 3.63) is 23.8 Å². The van der Waals surface area contributed by atoms with Gasteiger partial charge in [0.05, 0.1) is 5.75 Å². The smallest absolute Gasteiger partial charge is 0.339 e. The van der Waals surface area contributed by atoms with E-state index in [-0.39, 0.29) is 23.4 Å². The van der Waals surface area contributed by atoms with Gasteiger partial charge in [-0.15, -0.1) is 0 Å². The van der Waals surface area contributed by atoms with E-state index in [0.29, 0.717) is 0 Å². The van der Waals surface area contributed by atoms with Gasteiger partial charge in [-0.2, -0.15) is 0 Å². The number of benzene rings is 1. The molecule has 0 saturated carbocycles. The largest absolute Gasteiger partial charge is 0.507 e. The van der Waals surface area contributed by atoms with Crippen LogP contribution in [0, 0.1) is 0 Å². The van der Waals surface area contributed by atoms with Gasteiger partial charge in [-0.05, 0) is 18.2 Å². The van der Waals surface area contributed by atoms with Crippen LogP contribution >= 0.6 is 0 Å². The fourth-order valence-electron chi connectivity index (χ4n) is 1.29. The Morgan fingerprint density at radius 1 is 1.32 bits per heavy atom. The second-order valence-corrected chi connectivity index (χ2v) is 6.22. The van der Waals surface area contributed by atoms with Crippen LogP contribution in [-0.4, -0.2) is 42.5 Å². The molecule has 104 valence electrons. The van der Waals surface area contributed by atoms with Crippen LogP contribution in [0.4, 0.5) is 5.69 Å². The van der Waals surface area contributed by atoms with Crippen molar-refractivity contribution in [2.24, 2.45) is 0 Å². The highest BCUT2D eigenvalue weighted by Crippen LogP contribution is 2.21. The zero-order chi connectivity index (χ0) is 14.6. The molecule has 3 N–H and O–H groups in total. The number of nitrogens with one attached hydrogen (secondary N) is 1.